The van der Waals surface area contributed by atoms with Gasteiger partial charge < -0.3 is 0 Å². The van der Waals surface area contributed by atoms with E-state index in [9.17, 15) is 4.79 Å². The van der Waals surface area contributed by atoms with E-state index in [1.165, 1.54) is 0 Å². The molecule has 4 aromatic rings. The van der Waals surface area contributed by atoms with Gasteiger partial charge in [-0.3, -0.25) is 9.36 Å². The first-order valence-corrected chi connectivity index (χ1v) is 9.63. The SMILES string of the molecule is C=CC(=Cc1ccccc1)c1cc2cc(Br)ccc2c(=O)n1-c1ccccn1. The highest BCUT2D eigenvalue weighted by Gasteiger charge is 2.14. The highest BCUT2D eigenvalue weighted by Crippen LogP contribution is 2.25. The lowest BCUT2D eigenvalue weighted by atomic mass is 10.0. The van der Waals surface area contributed by atoms with Gasteiger partial charge in [0, 0.05) is 16.1 Å². The summed E-state index contributed by atoms with van der Waals surface area (Å²) in [6.07, 6.45) is 5.47. The van der Waals surface area contributed by atoms with Gasteiger partial charge in [0.15, 0.2) is 0 Å². The molecule has 0 unspecified atom stereocenters. The second-order valence-corrected chi connectivity index (χ2v) is 7.22. The van der Waals surface area contributed by atoms with Gasteiger partial charge in [0.1, 0.15) is 5.82 Å². The Labute approximate surface area is 171 Å². The third-order valence-corrected chi connectivity index (χ3v) is 4.99. The first-order chi connectivity index (χ1) is 13.7. The molecule has 2 heterocycles. The topological polar surface area (TPSA) is 34.9 Å². The summed E-state index contributed by atoms with van der Waals surface area (Å²) in [5.41, 5.74) is 2.51. The Balaban J connectivity index is 2.07. The summed E-state index contributed by atoms with van der Waals surface area (Å²) in [7, 11) is 0. The molecule has 28 heavy (non-hydrogen) atoms. The van der Waals surface area contributed by atoms with Gasteiger partial charge in [-0.05, 0) is 59.0 Å². The van der Waals surface area contributed by atoms with Gasteiger partial charge >= 0.3 is 0 Å². The number of aromatic nitrogens is 2. The van der Waals surface area contributed by atoms with Crippen molar-refractivity contribution in [3.8, 4) is 5.82 Å². The molecule has 2 aromatic carbocycles. The maximum atomic E-state index is 13.4. The van der Waals surface area contributed by atoms with E-state index in [2.05, 4.69) is 27.5 Å². The average molecular weight is 429 g/mol. The summed E-state index contributed by atoms with van der Waals surface area (Å²) in [5, 5.41) is 1.50. The van der Waals surface area contributed by atoms with E-state index in [-0.39, 0.29) is 5.56 Å². The molecule has 3 nitrogen and oxygen atoms in total. The predicted molar refractivity (Wildman–Crippen MR) is 120 cm³/mol. The minimum absolute atomic E-state index is 0.112. The lowest BCUT2D eigenvalue weighted by Crippen LogP contribution is -2.22. The summed E-state index contributed by atoms with van der Waals surface area (Å²) in [4.78, 5) is 17.8. The van der Waals surface area contributed by atoms with Crippen LogP contribution in [0, 0.1) is 0 Å². The van der Waals surface area contributed by atoms with Crippen molar-refractivity contribution in [2.45, 2.75) is 0 Å². The fraction of sp³-hybridized carbons (Fsp3) is 0. The second kappa shape index (κ2) is 7.79. The van der Waals surface area contributed by atoms with Crippen molar-refractivity contribution in [1.82, 2.24) is 9.55 Å². The normalized spacial score (nSPS) is 11.5. The van der Waals surface area contributed by atoms with Crippen molar-refractivity contribution in [3.05, 3.63) is 118 Å². The molecule has 0 radical (unpaired) electrons. The van der Waals surface area contributed by atoms with E-state index in [0.29, 0.717) is 11.2 Å². The Morgan fingerprint density at radius 3 is 2.50 bits per heavy atom. The largest absolute Gasteiger partial charge is 0.268 e. The minimum atomic E-state index is -0.112. The van der Waals surface area contributed by atoms with E-state index in [1.807, 2.05) is 78.9 Å². The third-order valence-electron chi connectivity index (χ3n) is 4.50. The zero-order chi connectivity index (χ0) is 19.5. The number of hydrogen-bond acceptors (Lipinski definition) is 2. The van der Waals surface area contributed by atoms with Crippen LogP contribution in [0.4, 0.5) is 0 Å². The molecule has 0 atom stereocenters. The van der Waals surface area contributed by atoms with Gasteiger partial charge in [0.25, 0.3) is 5.56 Å². The Hall–Kier alpha value is -3.24. The standard InChI is InChI=1S/C24H17BrN2O/c1-2-18(14-17-8-4-3-5-9-17)22-16-19-15-20(25)11-12-21(19)24(28)27(22)23-10-6-7-13-26-23/h2-16H,1H2. The molecule has 0 N–H and O–H groups in total. The summed E-state index contributed by atoms with van der Waals surface area (Å²) in [6.45, 7) is 3.98. The molecule has 0 aliphatic heterocycles. The number of allylic oxidation sites excluding steroid dienone is 2. The number of halogens is 1. The van der Waals surface area contributed by atoms with Crippen LogP contribution in [0.3, 0.4) is 0 Å². The van der Waals surface area contributed by atoms with Gasteiger partial charge in [-0.2, -0.15) is 0 Å². The van der Waals surface area contributed by atoms with Crippen LogP contribution in [0.2, 0.25) is 0 Å². The molecule has 0 spiro atoms. The van der Waals surface area contributed by atoms with Crippen LogP contribution in [0.1, 0.15) is 11.3 Å². The van der Waals surface area contributed by atoms with Gasteiger partial charge in [0.2, 0.25) is 0 Å². The van der Waals surface area contributed by atoms with Gasteiger partial charge in [-0.25, -0.2) is 4.98 Å². The molecule has 0 aliphatic carbocycles. The van der Waals surface area contributed by atoms with E-state index in [1.54, 1.807) is 16.8 Å². The van der Waals surface area contributed by atoms with Gasteiger partial charge in [-0.1, -0.05) is 65.0 Å². The molecule has 0 saturated carbocycles. The number of nitrogens with zero attached hydrogens (tertiary/aromatic N) is 2. The number of fused-ring (bicyclic) bond motifs is 1. The van der Waals surface area contributed by atoms with Crippen LogP contribution < -0.4 is 5.56 Å². The number of benzene rings is 2. The fourth-order valence-corrected chi connectivity index (χ4v) is 3.56. The van der Waals surface area contributed by atoms with Gasteiger partial charge in [-0.15, -0.1) is 0 Å². The van der Waals surface area contributed by atoms with Crippen molar-refractivity contribution < 1.29 is 0 Å². The number of rotatable bonds is 4. The highest BCUT2D eigenvalue weighted by molar-refractivity contribution is 9.10. The summed E-state index contributed by atoms with van der Waals surface area (Å²) in [6, 6.07) is 23.2. The predicted octanol–water partition coefficient (Wildman–Crippen LogP) is 5.87. The molecule has 0 saturated heterocycles. The molecular formula is C24H17BrN2O. The zero-order valence-electron chi connectivity index (χ0n) is 15.0. The lowest BCUT2D eigenvalue weighted by Gasteiger charge is -2.15. The molecule has 0 fully saturated rings. The minimum Gasteiger partial charge on any atom is -0.268 e. The molecule has 0 bridgehead atoms. The molecule has 136 valence electrons. The van der Waals surface area contributed by atoms with E-state index >= 15 is 0 Å². The molecule has 0 aliphatic rings. The van der Waals surface area contributed by atoms with Crippen LogP contribution in [0.5, 0.6) is 0 Å². The monoisotopic (exact) mass is 428 g/mol. The summed E-state index contributed by atoms with van der Waals surface area (Å²) >= 11 is 3.50. The number of hydrogen-bond donors (Lipinski definition) is 0. The summed E-state index contributed by atoms with van der Waals surface area (Å²) in [5.74, 6) is 0.577. The van der Waals surface area contributed by atoms with Crippen molar-refractivity contribution in [1.29, 1.82) is 0 Å². The second-order valence-electron chi connectivity index (χ2n) is 6.30. The lowest BCUT2D eigenvalue weighted by molar-refractivity contribution is 0.938. The fourth-order valence-electron chi connectivity index (χ4n) is 3.18. The first-order valence-electron chi connectivity index (χ1n) is 8.83. The van der Waals surface area contributed by atoms with E-state index < -0.39 is 0 Å². The van der Waals surface area contributed by atoms with Crippen molar-refractivity contribution in [2.75, 3.05) is 0 Å². The van der Waals surface area contributed by atoms with Crippen molar-refractivity contribution in [2.24, 2.45) is 0 Å². The smallest absolute Gasteiger partial charge is 0.264 e. The molecular weight excluding hydrogens is 412 g/mol. The Morgan fingerprint density at radius 1 is 1.00 bits per heavy atom. The maximum Gasteiger partial charge on any atom is 0.264 e. The van der Waals surface area contributed by atoms with Crippen LogP contribution >= 0.6 is 15.9 Å². The van der Waals surface area contributed by atoms with Crippen LogP contribution in [0.15, 0.2) is 101 Å². The van der Waals surface area contributed by atoms with Crippen molar-refractivity contribution in [3.63, 3.8) is 0 Å². The Kier molecular flexibility index (Phi) is 5.04. The molecule has 2 aromatic heterocycles. The molecule has 4 rings (SSSR count). The number of pyridine rings is 2. The van der Waals surface area contributed by atoms with E-state index in [4.69, 9.17) is 0 Å². The van der Waals surface area contributed by atoms with Crippen LogP contribution in [0.25, 0.3) is 28.2 Å². The Morgan fingerprint density at radius 2 is 1.79 bits per heavy atom. The average Bonchev–Trinajstić information content (AvgIpc) is 2.73. The quantitative estimate of drug-likeness (QED) is 0.380. The van der Waals surface area contributed by atoms with Crippen LogP contribution in [-0.2, 0) is 0 Å². The molecule has 4 heteroatoms. The highest BCUT2D eigenvalue weighted by atomic mass is 79.9. The maximum absolute atomic E-state index is 13.4. The zero-order valence-corrected chi connectivity index (χ0v) is 16.6. The summed E-state index contributed by atoms with van der Waals surface area (Å²) < 4.78 is 2.57. The third kappa shape index (κ3) is 3.47. The van der Waals surface area contributed by atoms with Gasteiger partial charge in [0.05, 0.1) is 5.69 Å². The van der Waals surface area contributed by atoms with Crippen molar-refractivity contribution >= 4 is 38.4 Å². The Bertz CT molecular complexity index is 1240. The molecule has 0 amide bonds. The van der Waals surface area contributed by atoms with Crippen LogP contribution in [-0.4, -0.2) is 9.55 Å². The first kappa shape index (κ1) is 18.1. The van der Waals surface area contributed by atoms with E-state index in [0.717, 1.165) is 26.7 Å².